The van der Waals surface area contributed by atoms with Gasteiger partial charge in [-0.05, 0) is 64.2 Å². The Morgan fingerprint density at radius 1 is 1.26 bits per heavy atom. The summed E-state index contributed by atoms with van der Waals surface area (Å²) in [4.78, 5) is 14.9. The minimum Gasteiger partial charge on any atom is -0.365 e. The van der Waals surface area contributed by atoms with Crippen molar-refractivity contribution in [2.75, 3.05) is 19.6 Å². The molecule has 2 aromatic rings. The van der Waals surface area contributed by atoms with Crippen molar-refractivity contribution in [2.24, 2.45) is 11.7 Å². The number of hydrogen-bond donors (Lipinski definition) is 1. The molecule has 0 aliphatic carbocycles. The molecule has 5 heteroatoms. The Hall–Kier alpha value is -1.46. The monoisotopic (exact) mass is 385 g/mol. The van der Waals surface area contributed by atoms with Gasteiger partial charge in [0, 0.05) is 22.2 Å². The van der Waals surface area contributed by atoms with Crippen LogP contribution in [-0.4, -0.2) is 39.8 Å². The number of nitrogens with two attached hydrogens (primary N) is 1. The first-order valence-electron chi connectivity index (χ1n) is 10.4. The Bertz CT molecular complexity index is 837. The van der Waals surface area contributed by atoms with E-state index in [1.807, 2.05) is 30.0 Å². The molecule has 2 N–H and O–H groups in total. The van der Waals surface area contributed by atoms with E-state index >= 15 is 0 Å². The minimum atomic E-state index is -0.300. The molecule has 1 fully saturated rings. The molecule has 3 heterocycles. The van der Waals surface area contributed by atoms with Gasteiger partial charge in [-0.2, -0.15) is 0 Å². The van der Waals surface area contributed by atoms with Crippen LogP contribution in [0.2, 0.25) is 0 Å². The van der Waals surface area contributed by atoms with Crippen LogP contribution in [0, 0.1) is 5.92 Å². The molecule has 1 aromatic heterocycles. The predicted molar refractivity (Wildman–Crippen MR) is 113 cm³/mol. The average molecular weight is 386 g/mol. The van der Waals surface area contributed by atoms with Gasteiger partial charge in [-0.3, -0.25) is 4.79 Å². The van der Waals surface area contributed by atoms with Gasteiger partial charge < -0.3 is 15.2 Å². The van der Waals surface area contributed by atoms with Crippen LogP contribution in [0.15, 0.2) is 29.3 Å². The Kier molecular flexibility index (Phi) is 5.26. The van der Waals surface area contributed by atoms with E-state index in [9.17, 15) is 4.79 Å². The number of thioether (sulfide) groups is 1. The first-order chi connectivity index (χ1) is 13.0. The molecule has 2 aliphatic rings. The van der Waals surface area contributed by atoms with Crippen LogP contribution in [0.3, 0.4) is 0 Å². The van der Waals surface area contributed by atoms with Gasteiger partial charge in [0.05, 0.1) is 10.6 Å². The van der Waals surface area contributed by atoms with E-state index in [1.54, 1.807) is 0 Å². The summed E-state index contributed by atoms with van der Waals surface area (Å²) < 4.78 is 2.50. The van der Waals surface area contributed by atoms with Crippen molar-refractivity contribution in [3.05, 3.63) is 29.8 Å². The molecule has 1 atom stereocenters. The summed E-state index contributed by atoms with van der Waals surface area (Å²) in [6.45, 7) is 9.33. The highest BCUT2D eigenvalue weighted by atomic mass is 32.2. The number of carbonyl (C=O) groups excluding carboxylic acids is 1. The van der Waals surface area contributed by atoms with Crippen LogP contribution in [0.5, 0.6) is 0 Å². The molecule has 4 nitrogen and oxygen atoms in total. The van der Waals surface area contributed by atoms with Crippen LogP contribution < -0.4 is 5.73 Å². The maximum Gasteiger partial charge on any atom is 0.252 e. The molecule has 1 saturated heterocycles. The second kappa shape index (κ2) is 7.51. The zero-order chi connectivity index (χ0) is 19.0. The normalized spacial score (nSPS) is 24.2. The number of carbonyl (C=O) groups is 1. The van der Waals surface area contributed by atoms with E-state index in [1.165, 1.54) is 45.3 Å². The summed E-state index contributed by atoms with van der Waals surface area (Å²) in [5.74, 6) is 0.402. The number of aryl methyl sites for hydroxylation is 1. The quantitative estimate of drug-likeness (QED) is 0.824. The van der Waals surface area contributed by atoms with Crippen molar-refractivity contribution in [2.45, 2.75) is 62.3 Å². The molecule has 4 rings (SSSR count). The van der Waals surface area contributed by atoms with Crippen molar-refractivity contribution in [3.8, 4) is 0 Å². The fourth-order valence-electron chi connectivity index (χ4n) is 4.89. The topological polar surface area (TPSA) is 51.3 Å². The van der Waals surface area contributed by atoms with Gasteiger partial charge in [-0.1, -0.05) is 31.5 Å². The van der Waals surface area contributed by atoms with Crippen LogP contribution in [-0.2, 0) is 6.54 Å². The van der Waals surface area contributed by atoms with Crippen LogP contribution >= 0.6 is 11.8 Å². The highest BCUT2D eigenvalue weighted by Crippen LogP contribution is 2.51. The average Bonchev–Trinajstić information content (AvgIpc) is 3.00. The second-order valence-corrected chi connectivity index (χ2v) is 9.87. The highest BCUT2D eigenvalue weighted by molar-refractivity contribution is 8.00. The number of para-hydroxylation sites is 1. The van der Waals surface area contributed by atoms with Gasteiger partial charge in [0.15, 0.2) is 0 Å². The molecule has 2 aliphatic heterocycles. The van der Waals surface area contributed by atoms with Crippen molar-refractivity contribution >= 4 is 28.6 Å². The largest absolute Gasteiger partial charge is 0.365 e. The zero-order valence-corrected chi connectivity index (χ0v) is 17.4. The lowest BCUT2D eigenvalue weighted by Gasteiger charge is -2.44. The van der Waals surface area contributed by atoms with E-state index in [0.717, 1.165) is 34.5 Å². The van der Waals surface area contributed by atoms with Gasteiger partial charge >= 0.3 is 0 Å². The van der Waals surface area contributed by atoms with Gasteiger partial charge in [-0.15, -0.1) is 11.8 Å². The molecule has 146 valence electrons. The zero-order valence-electron chi connectivity index (χ0n) is 16.5. The number of unbranched alkanes of at least 4 members (excludes halogenated alkanes) is 1. The lowest BCUT2D eigenvalue weighted by molar-refractivity contribution is 0.0998. The SMILES string of the molecule is CCCCN1CCC(C2(C)CCn3c(c(C(N)=O)c4ccccc43)S2)CC1. The number of aromatic nitrogens is 1. The van der Waals surface area contributed by atoms with E-state index in [0.29, 0.717) is 5.92 Å². The van der Waals surface area contributed by atoms with Crippen molar-refractivity contribution in [3.63, 3.8) is 0 Å². The number of primary amides is 1. The van der Waals surface area contributed by atoms with Crippen molar-refractivity contribution in [1.29, 1.82) is 0 Å². The third kappa shape index (κ3) is 3.40. The van der Waals surface area contributed by atoms with Gasteiger partial charge in [0.1, 0.15) is 0 Å². The lowest BCUT2D eigenvalue weighted by atomic mass is 9.82. The number of nitrogens with zero attached hydrogens (tertiary/aromatic N) is 2. The molecule has 1 aromatic carbocycles. The summed E-state index contributed by atoms with van der Waals surface area (Å²) in [5, 5.41) is 2.09. The van der Waals surface area contributed by atoms with E-state index in [2.05, 4.69) is 29.4 Å². The van der Waals surface area contributed by atoms with Gasteiger partial charge in [0.25, 0.3) is 5.91 Å². The molecule has 0 spiro atoms. The Balaban J connectivity index is 1.58. The molecule has 1 unspecified atom stereocenters. The van der Waals surface area contributed by atoms with Gasteiger partial charge in [-0.25, -0.2) is 0 Å². The molecule has 0 bridgehead atoms. The third-order valence-electron chi connectivity index (χ3n) is 6.61. The minimum absolute atomic E-state index is 0.186. The van der Waals surface area contributed by atoms with E-state index in [4.69, 9.17) is 5.73 Å². The number of amides is 1. The Morgan fingerprint density at radius 3 is 2.70 bits per heavy atom. The summed E-state index contributed by atoms with van der Waals surface area (Å²) in [6, 6.07) is 8.19. The number of rotatable bonds is 5. The Labute approximate surface area is 166 Å². The van der Waals surface area contributed by atoms with Gasteiger partial charge in [0.2, 0.25) is 0 Å². The third-order valence-corrected chi connectivity index (χ3v) is 8.23. The summed E-state index contributed by atoms with van der Waals surface area (Å²) in [5.41, 5.74) is 7.68. The molecule has 0 radical (unpaired) electrons. The lowest BCUT2D eigenvalue weighted by Crippen LogP contribution is -2.44. The summed E-state index contributed by atoms with van der Waals surface area (Å²) in [6.07, 6.45) is 6.26. The first-order valence-corrected chi connectivity index (χ1v) is 11.2. The second-order valence-electron chi connectivity index (χ2n) is 8.35. The number of likely N-dealkylation sites (tertiary alicyclic amines) is 1. The number of hydrogen-bond acceptors (Lipinski definition) is 3. The highest BCUT2D eigenvalue weighted by Gasteiger charge is 2.41. The smallest absolute Gasteiger partial charge is 0.252 e. The molecule has 27 heavy (non-hydrogen) atoms. The summed E-state index contributed by atoms with van der Waals surface area (Å²) >= 11 is 1.91. The first kappa shape index (κ1) is 18.9. The maximum absolute atomic E-state index is 12.3. The molecular formula is C22H31N3OS. The van der Waals surface area contributed by atoms with Crippen LogP contribution in [0.4, 0.5) is 0 Å². The van der Waals surface area contributed by atoms with Crippen molar-refractivity contribution < 1.29 is 4.79 Å². The van der Waals surface area contributed by atoms with Crippen LogP contribution in [0.25, 0.3) is 10.9 Å². The predicted octanol–water partition coefficient (Wildman–Crippen LogP) is 4.51. The molecular weight excluding hydrogens is 354 g/mol. The number of piperidine rings is 1. The Morgan fingerprint density at radius 2 is 2.00 bits per heavy atom. The molecule has 0 saturated carbocycles. The fraction of sp³-hybridized carbons (Fsp3) is 0.591. The van der Waals surface area contributed by atoms with Crippen LogP contribution in [0.1, 0.15) is 56.3 Å². The van der Waals surface area contributed by atoms with Crippen molar-refractivity contribution in [1.82, 2.24) is 9.47 Å². The fourth-order valence-corrected chi connectivity index (χ4v) is 6.54. The standard InChI is InChI=1S/C22H31N3OS/c1-3-4-12-24-13-9-16(10-14-24)22(2)11-15-25-18-8-6-5-7-17(18)19(20(23)26)21(25)27-22/h5-8,16H,3-4,9-15H2,1-2H3,(H2,23,26). The molecule has 1 amide bonds. The number of fused-ring (bicyclic) bond motifs is 3. The maximum atomic E-state index is 12.3. The number of benzene rings is 1. The van der Waals surface area contributed by atoms with E-state index < -0.39 is 0 Å². The van der Waals surface area contributed by atoms with E-state index in [-0.39, 0.29) is 10.7 Å². The summed E-state index contributed by atoms with van der Waals surface area (Å²) in [7, 11) is 0.